The van der Waals surface area contributed by atoms with Crippen LogP contribution < -0.4 is 0 Å². The highest BCUT2D eigenvalue weighted by Crippen LogP contribution is 2.23. The van der Waals surface area contributed by atoms with Crippen molar-refractivity contribution in [2.24, 2.45) is 0 Å². The Morgan fingerprint density at radius 3 is 2.56 bits per heavy atom. The third kappa shape index (κ3) is 4.57. The average Bonchev–Trinajstić information content (AvgIpc) is 2.12. The maximum atomic E-state index is 13.2. The van der Waals surface area contributed by atoms with E-state index in [1.54, 1.807) is 0 Å². The zero-order valence-electron chi connectivity index (χ0n) is 9.27. The molecule has 0 N–H and O–H groups in total. The fourth-order valence-corrected chi connectivity index (χ4v) is 1.49. The number of hydrogen-bond acceptors (Lipinski definition) is 5. The van der Waals surface area contributed by atoms with Gasteiger partial charge in [-0.3, -0.25) is 9.59 Å². The summed E-state index contributed by atoms with van der Waals surface area (Å²) < 4.78 is 28.0. The minimum absolute atomic E-state index is 0.0203. The Kier molecular flexibility index (Phi) is 4.67. The summed E-state index contributed by atoms with van der Waals surface area (Å²) in [6, 6.07) is 0. The van der Waals surface area contributed by atoms with Gasteiger partial charge < -0.3 is 14.2 Å². The van der Waals surface area contributed by atoms with E-state index >= 15 is 0 Å². The van der Waals surface area contributed by atoms with E-state index in [0.717, 1.165) is 0 Å². The Hall–Kier alpha value is -1.17. The van der Waals surface area contributed by atoms with Gasteiger partial charge in [0.25, 0.3) is 0 Å². The van der Waals surface area contributed by atoms with E-state index in [4.69, 9.17) is 14.2 Å². The standard InChI is InChI=1S/C10H15FO5/c1-6(12)14-5-9-3-8(11)4-10(16-9)15-7(2)13/h8-10H,3-5H2,1-2H3/t8-,9-,10?/m0/s1. The normalized spacial score (nSPS) is 29.6. The SMILES string of the molecule is CC(=O)OC[C@@H]1C[C@H](F)CC(OC(C)=O)O1. The van der Waals surface area contributed by atoms with Crippen molar-refractivity contribution >= 4 is 11.9 Å². The van der Waals surface area contributed by atoms with Crippen molar-refractivity contribution in [1.82, 2.24) is 0 Å². The average molecular weight is 234 g/mol. The van der Waals surface area contributed by atoms with Crippen LogP contribution in [0.5, 0.6) is 0 Å². The fraction of sp³-hybridized carbons (Fsp3) is 0.800. The molecule has 1 saturated heterocycles. The monoisotopic (exact) mass is 234 g/mol. The molecule has 0 aliphatic carbocycles. The Morgan fingerprint density at radius 1 is 1.31 bits per heavy atom. The molecule has 92 valence electrons. The lowest BCUT2D eigenvalue weighted by Gasteiger charge is -2.30. The zero-order chi connectivity index (χ0) is 12.1. The molecule has 0 spiro atoms. The summed E-state index contributed by atoms with van der Waals surface area (Å²) in [5.74, 6) is -0.973. The number of rotatable bonds is 3. The first kappa shape index (κ1) is 12.9. The van der Waals surface area contributed by atoms with Crippen LogP contribution in [0.25, 0.3) is 0 Å². The predicted molar refractivity (Wildman–Crippen MR) is 51.2 cm³/mol. The molecular weight excluding hydrogens is 219 g/mol. The summed E-state index contributed by atoms with van der Waals surface area (Å²) in [5, 5.41) is 0. The molecule has 1 unspecified atom stereocenters. The van der Waals surface area contributed by atoms with E-state index in [-0.39, 0.29) is 19.4 Å². The van der Waals surface area contributed by atoms with Crippen molar-refractivity contribution in [1.29, 1.82) is 0 Å². The van der Waals surface area contributed by atoms with Gasteiger partial charge in [0.05, 0.1) is 6.10 Å². The lowest BCUT2D eigenvalue weighted by Crippen LogP contribution is -2.38. The van der Waals surface area contributed by atoms with Gasteiger partial charge >= 0.3 is 11.9 Å². The maximum absolute atomic E-state index is 13.2. The number of carbonyl (C=O) groups excluding carboxylic acids is 2. The first-order chi connectivity index (χ1) is 7.47. The molecule has 1 fully saturated rings. The molecule has 16 heavy (non-hydrogen) atoms. The van der Waals surface area contributed by atoms with E-state index in [9.17, 15) is 14.0 Å². The molecule has 0 bridgehead atoms. The topological polar surface area (TPSA) is 61.8 Å². The summed E-state index contributed by atoms with van der Waals surface area (Å²) >= 11 is 0. The summed E-state index contributed by atoms with van der Waals surface area (Å²) in [4.78, 5) is 21.3. The molecule has 0 aromatic carbocycles. The molecule has 6 heteroatoms. The van der Waals surface area contributed by atoms with Crippen LogP contribution >= 0.6 is 0 Å². The number of hydrogen-bond donors (Lipinski definition) is 0. The van der Waals surface area contributed by atoms with Crippen molar-refractivity contribution in [3.05, 3.63) is 0 Å². The molecule has 0 amide bonds. The lowest BCUT2D eigenvalue weighted by atomic mass is 10.1. The van der Waals surface area contributed by atoms with Crippen LogP contribution in [0.3, 0.4) is 0 Å². The van der Waals surface area contributed by atoms with Crippen LogP contribution in [0.4, 0.5) is 4.39 Å². The van der Waals surface area contributed by atoms with Crippen molar-refractivity contribution in [3.63, 3.8) is 0 Å². The van der Waals surface area contributed by atoms with Crippen LogP contribution in [0.15, 0.2) is 0 Å². The van der Waals surface area contributed by atoms with Gasteiger partial charge in [-0.15, -0.1) is 0 Å². The van der Waals surface area contributed by atoms with Gasteiger partial charge in [-0.05, 0) is 0 Å². The van der Waals surface area contributed by atoms with Crippen LogP contribution in [-0.2, 0) is 23.8 Å². The van der Waals surface area contributed by atoms with Gasteiger partial charge in [0, 0.05) is 26.7 Å². The first-order valence-corrected chi connectivity index (χ1v) is 5.07. The molecule has 3 atom stereocenters. The van der Waals surface area contributed by atoms with Gasteiger partial charge in [0.15, 0.2) is 0 Å². The van der Waals surface area contributed by atoms with Gasteiger partial charge in [0.2, 0.25) is 6.29 Å². The summed E-state index contributed by atoms with van der Waals surface area (Å²) in [6.07, 6.45) is -2.39. The largest absolute Gasteiger partial charge is 0.463 e. The van der Waals surface area contributed by atoms with Crippen molar-refractivity contribution in [3.8, 4) is 0 Å². The van der Waals surface area contributed by atoms with Gasteiger partial charge in [0.1, 0.15) is 12.8 Å². The molecule has 1 aliphatic heterocycles. The first-order valence-electron chi connectivity index (χ1n) is 5.07. The molecule has 1 rings (SSSR count). The number of ether oxygens (including phenoxy) is 3. The predicted octanol–water partition coefficient (Wildman–Crippen LogP) is 0.956. The fourth-order valence-electron chi connectivity index (χ4n) is 1.49. The van der Waals surface area contributed by atoms with Crippen molar-refractivity contribution in [2.45, 2.75) is 45.3 Å². The third-order valence-corrected chi connectivity index (χ3v) is 2.08. The van der Waals surface area contributed by atoms with E-state index in [0.29, 0.717) is 0 Å². The Morgan fingerprint density at radius 2 is 2.00 bits per heavy atom. The Labute approximate surface area is 92.8 Å². The summed E-state index contributed by atoms with van der Waals surface area (Å²) in [6.45, 7) is 2.47. The van der Waals surface area contributed by atoms with Gasteiger partial charge in [-0.1, -0.05) is 0 Å². The minimum atomic E-state index is -1.11. The third-order valence-electron chi connectivity index (χ3n) is 2.08. The second kappa shape index (κ2) is 5.79. The molecule has 0 aromatic rings. The highest BCUT2D eigenvalue weighted by Gasteiger charge is 2.31. The van der Waals surface area contributed by atoms with E-state index in [1.165, 1.54) is 13.8 Å². The van der Waals surface area contributed by atoms with Crippen molar-refractivity contribution in [2.75, 3.05) is 6.61 Å². The minimum Gasteiger partial charge on any atom is -0.463 e. The second-order valence-electron chi connectivity index (χ2n) is 3.67. The number of alkyl halides is 1. The van der Waals surface area contributed by atoms with Gasteiger partial charge in [-0.2, -0.15) is 0 Å². The second-order valence-corrected chi connectivity index (χ2v) is 3.67. The summed E-state index contributed by atoms with van der Waals surface area (Å²) in [7, 11) is 0. The molecule has 1 heterocycles. The molecule has 5 nitrogen and oxygen atoms in total. The van der Waals surface area contributed by atoms with E-state index in [1.807, 2.05) is 0 Å². The highest BCUT2D eigenvalue weighted by atomic mass is 19.1. The quantitative estimate of drug-likeness (QED) is 0.680. The van der Waals surface area contributed by atoms with Crippen molar-refractivity contribution < 1.29 is 28.2 Å². The number of carbonyl (C=O) groups is 2. The maximum Gasteiger partial charge on any atom is 0.304 e. The van der Waals surface area contributed by atoms with E-state index in [2.05, 4.69) is 0 Å². The Balaban J connectivity index is 2.40. The highest BCUT2D eigenvalue weighted by molar-refractivity contribution is 5.66. The molecule has 0 saturated carbocycles. The van der Waals surface area contributed by atoms with Gasteiger partial charge in [-0.25, -0.2) is 4.39 Å². The van der Waals surface area contributed by atoms with Crippen LogP contribution in [0.1, 0.15) is 26.7 Å². The number of esters is 2. The summed E-state index contributed by atoms with van der Waals surface area (Å²) in [5.41, 5.74) is 0. The van der Waals surface area contributed by atoms with Crippen LogP contribution in [-0.4, -0.2) is 37.1 Å². The molecule has 0 aromatic heterocycles. The number of halogens is 1. The lowest BCUT2D eigenvalue weighted by molar-refractivity contribution is -0.216. The Bertz CT molecular complexity index is 268. The smallest absolute Gasteiger partial charge is 0.304 e. The van der Waals surface area contributed by atoms with Crippen LogP contribution in [0.2, 0.25) is 0 Å². The van der Waals surface area contributed by atoms with E-state index < -0.39 is 30.5 Å². The zero-order valence-corrected chi connectivity index (χ0v) is 9.27. The molecular formula is C10H15FO5. The molecule has 1 aliphatic rings. The van der Waals surface area contributed by atoms with Crippen LogP contribution in [0, 0.1) is 0 Å². The molecule has 0 radical (unpaired) electrons.